The highest BCUT2D eigenvalue weighted by Crippen LogP contribution is 2.05. The van der Waals surface area contributed by atoms with Gasteiger partial charge in [-0.25, -0.2) is 0 Å². The van der Waals surface area contributed by atoms with E-state index in [0.29, 0.717) is 11.4 Å². The van der Waals surface area contributed by atoms with E-state index in [1.807, 2.05) is 0 Å². The lowest BCUT2D eigenvalue weighted by molar-refractivity contribution is 0.0948. The number of amides is 1. The third-order valence-corrected chi connectivity index (χ3v) is 2.77. The maximum absolute atomic E-state index is 11.6. The summed E-state index contributed by atoms with van der Waals surface area (Å²) >= 11 is 0. The smallest absolute Gasteiger partial charge is 0.267 e. The van der Waals surface area contributed by atoms with Crippen LogP contribution in [0.1, 0.15) is 55.9 Å². The Hall–Kier alpha value is -1.45. The number of rotatable bonds is 8. The molecule has 0 saturated heterocycles. The quantitative estimate of drug-likeness (QED) is 0.608. The molecular formula is C13H23N3O. The molecule has 1 amide bonds. The summed E-state index contributed by atoms with van der Waals surface area (Å²) in [6.07, 6.45) is 9.01. The van der Waals surface area contributed by atoms with E-state index < -0.39 is 0 Å². The van der Waals surface area contributed by atoms with Gasteiger partial charge in [0.2, 0.25) is 0 Å². The topological polar surface area (TPSA) is 70.9 Å². The fourth-order valence-electron chi connectivity index (χ4n) is 1.74. The van der Waals surface area contributed by atoms with E-state index in [4.69, 9.17) is 5.73 Å². The Kier molecular flexibility index (Phi) is 6.22. The van der Waals surface area contributed by atoms with Crippen LogP contribution in [0.2, 0.25) is 0 Å². The highest BCUT2D eigenvalue weighted by atomic mass is 16.1. The number of nitrogen functional groups attached to an aromatic ring is 1. The molecule has 1 heterocycles. The van der Waals surface area contributed by atoms with Crippen molar-refractivity contribution in [3.05, 3.63) is 18.0 Å². The lowest BCUT2D eigenvalue weighted by Gasteiger charge is -2.03. The number of carbonyl (C=O) groups is 1. The van der Waals surface area contributed by atoms with Gasteiger partial charge in [-0.3, -0.25) is 4.79 Å². The molecule has 17 heavy (non-hydrogen) atoms. The van der Waals surface area contributed by atoms with Crippen LogP contribution in [-0.2, 0) is 0 Å². The number of anilines is 1. The molecule has 0 aromatic carbocycles. The molecule has 0 aliphatic heterocycles. The lowest BCUT2D eigenvalue weighted by atomic mass is 10.1. The monoisotopic (exact) mass is 237 g/mol. The maximum Gasteiger partial charge on any atom is 0.267 e. The summed E-state index contributed by atoms with van der Waals surface area (Å²) in [6, 6.07) is 1.65. The van der Waals surface area contributed by atoms with E-state index in [0.717, 1.165) is 13.0 Å². The molecule has 0 fully saturated rings. The first-order valence-corrected chi connectivity index (χ1v) is 6.46. The van der Waals surface area contributed by atoms with Crippen molar-refractivity contribution in [2.75, 3.05) is 12.3 Å². The first-order chi connectivity index (χ1) is 8.24. The molecule has 1 aromatic heterocycles. The Morgan fingerprint density at radius 2 is 2.00 bits per heavy atom. The van der Waals surface area contributed by atoms with E-state index in [2.05, 4.69) is 17.2 Å². The van der Waals surface area contributed by atoms with Gasteiger partial charge in [-0.15, -0.1) is 0 Å². The third kappa shape index (κ3) is 5.43. The van der Waals surface area contributed by atoms with Gasteiger partial charge >= 0.3 is 0 Å². The Morgan fingerprint density at radius 1 is 1.29 bits per heavy atom. The van der Waals surface area contributed by atoms with E-state index in [9.17, 15) is 4.79 Å². The normalized spacial score (nSPS) is 10.4. The minimum Gasteiger partial charge on any atom is -0.397 e. The molecule has 1 aromatic rings. The minimum absolute atomic E-state index is 0.0738. The molecule has 0 saturated carbocycles. The second-order valence-corrected chi connectivity index (χ2v) is 4.37. The van der Waals surface area contributed by atoms with Crippen molar-refractivity contribution in [3.8, 4) is 0 Å². The van der Waals surface area contributed by atoms with Crippen LogP contribution >= 0.6 is 0 Å². The Morgan fingerprint density at radius 3 is 2.65 bits per heavy atom. The summed E-state index contributed by atoms with van der Waals surface area (Å²) in [5, 5.41) is 2.88. The van der Waals surface area contributed by atoms with Crippen LogP contribution in [0.5, 0.6) is 0 Å². The van der Waals surface area contributed by atoms with Crippen LogP contribution < -0.4 is 11.1 Å². The summed E-state index contributed by atoms with van der Waals surface area (Å²) < 4.78 is 0. The average Bonchev–Trinajstić information content (AvgIpc) is 2.74. The van der Waals surface area contributed by atoms with Gasteiger partial charge in [-0.05, 0) is 12.5 Å². The summed E-state index contributed by atoms with van der Waals surface area (Å²) in [4.78, 5) is 14.4. The van der Waals surface area contributed by atoms with Gasteiger partial charge in [-0.2, -0.15) is 0 Å². The second-order valence-electron chi connectivity index (χ2n) is 4.37. The molecule has 0 unspecified atom stereocenters. The molecule has 0 radical (unpaired) electrons. The zero-order chi connectivity index (χ0) is 12.5. The van der Waals surface area contributed by atoms with Gasteiger partial charge in [0.1, 0.15) is 5.69 Å². The molecule has 4 N–H and O–H groups in total. The van der Waals surface area contributed by atoms with Gasteiger partial charge in [-0.1, -0.05) is 39.0 Å². The van der Waals surface area contributed by atoms with Crippen LogP contribution in [0.15, 0.2) is 12.3 Å². The average molecular weight is 237 g/mol. The zero-order valence-electron chi connectivity index (χ0n) is 10.6. The number of hydrogen-bond donors (Lipinski definition) is 3. The Bertz CT molecular complexity index is 333. The molecule has 4 heteroatoms. The van der Waals surface area contributed by atoms with Crippen LogP contribution in [0.25, 0.3) is 0 Å². The molecule has 0 atom stereocenters. The van der Waals surface area contributed by atoms with E-state index in [1.165, 1.54) is 32.1 Å². The number of carbonyl (C=O) groups excluding carboxylic acids is 1. The van der Waals surface area contributed by atoms with Crippen molar-refractivity contribution in [1.29, 1.82) is 0 Å². The minimum atomic E-state index is -0.0738. The second kappa shape index (κ2) is 7.76. The molecule has 4 nitrogen and oxygen atoms in total. The highest BCUT2D eigenvalue weighted by molar-refractivity contribution is 5.93. The van der Waals surface area contributed by atoms with Gasteiger partial charge in [0.05, 0.1) is 0 Å². The van der Waals surface area contributed by atoms with Crippen molar-refractivity contribution in [2.45, 2.75) is 45.4 Å². The zero-order valence-corrected chi connectivity index (χ0v) is 10.6. The predicted molar refractivity (Wildman–Crippen MR) is 70.9 cm³/mol. The molecule has 96 valence electrons. The number of H-pyrrole nitrogens is 1. The summed E-state index contributed by atoms with van der Waals surface area (Å²) in [6.45, 7) is 2.95. The van der Waals surface area contributed by atoms with Gasteiger partial charge in [0, 0.05) is 18.4 Å². The predicted octanol–water partition coefficient (Wildman–Crippen LogP) is 2.69. The summed E-state index contributed by atoms with van der Waals surface area (Å²) in [5.74, 6) is -0.0738. The number of nitrogens with one attached hydrogen (secondary N) is 2. The summed E-state index contributed by atoms with van der Waals surface area (Å²) in [7, 11) is 0. The van der Waals surface area contributed by atoms with Gasteiger partial charge in [0.15, 0.2) is 0 Å². The van der Waals surface area contributed by atoms with Crippen molar-refractivity contribution >= 4 is 11.6 Å². The molecule has 1 rings (SSSR count). The number of aromatic nitrogens is 1. The number of unbranched alkanes of at least 4 members (excludes halogenated alkanes) is 5. The van der Waals surface area contributed by atoms with Crippen molar-refractivity contribution in [3.63, 3.8) is 0 Å². The van der Waals surface area contributed by atoms with Gasteiger partial charge < -0.3 is 16.0 Å². The molecule has 0 spiro atoms. The standard InChI is InChI=1S/C13H23N3O/c1-2-3-4-5-6-7-8-15-13(17)12-9-11(14)10-16-12/h9-10,16H,2-8,14H2,1H3,(H,15,17). The van der Waals surface area contributed by atoms with Gasteiger partial charge in [0.25, 0.3) is 5.91 Å². The van der Waals surface area contributed by atoms with E-state index in [1.54, 1.807) is 12.3 Å². The largest absolute Gasteiger partial charge is 0.397 e. The fourth-order valence-corrected chi connectivity index (χ4v) is 1.74. The van der Waals surface area contributed by atoms with Crippen LogP contribution in [0, 0.1) is 0 Å². The lowest BCUT2D eigenvalue weighted by Crippen LogP contribution is -2.24. The van der Waals surface area contributed by atoms with Crippen LogP contribution in [0.3, 0.4) is 0 Å². The number of hydrogen-bond acceptors (Lipinski definition) is 2. The SMILES string of the molecule is CCCCCCCCNC(=O)c1cc(N)c[nH]1. The van der Waals surface area contributed by atoms with Crippen molar-refractivity contribution < 1.29 is 4.79 Å². The molecule has 0 bridgehead atoms. The van der Waals surface area contributed by atoms with E-state index >= 15 is 0 Å². The van der Waals surface area contributed by atoms with E-state index in [-0.39, 0.29) is 5.91 Å². The Labute approximate surface area is 103 Å². The van der Waals surface area contributed by atoms with Crippen LogP contribution in [-0.4, -0.2) is 17.4 Å². The number of aromatic amines is 1. The number of nitrogens with two attached hydrogens (primary N) is 1. The maximum atomic E-state index is 11.6. The Balaban J connectivity index is 2.05. The fraction of sp³-hybridized carbons (Fsp3) is 0.615. The highest BCUT2D eigenvalue weighted by Gasteiger charge is 2.05. The first kappa shape index (κ1) is 13.6. The molecule has 0 aliphatic carbocycles. The van der Waals surface area contributed by atoms with Crippen molar-refractivity contribution in [2.24, 2.45) is 0 Å². The molecular weight excluding hydrogens is 214 g/mol. The summed E-state index contributed by atoms with van der Waals surface area (Å²) in [5.41, 5.74) is 6.66. The third-order valence-electron chi connectivity index (χ3n) is 2.77. The molecule has 0 aliphatic rings. The van der Waals surface area contributed by atoms with Crippen LogP contribution in [0.4, 0.5) is 5.69 Å². The van der Waals surface area contributed by atoms with Crippen molar-refractivity contribution in [1.82, 2.24) is 10.3 Å². The first-order valence-electron chi connectivity index (χ1n) is 6.46.